The van der Waals surface area contributed by atoms with Gasteiger partial charge in [-0.05, 0) is 50.0 Å². The van der Waals surface area contributed by atoms with Crippen molar-refractivity contribution in [3.63, 3.8) is 0 Å². The molecule has 4 rings (SSSR count). The van der Waals surface area contributed by atoms with Crippen LogP contribution in [0.15, 0.2) is 30.3 Å². The Bertz CT molecular complexity index is 835. The number of rotatable bonds is 7. The van der Waals surface area contributed by atoms with Crippen LogP contribution in [0.2, 0.25) is 0 Å². The van der Waals surface area contributed by atoms with Gasteiger partial charge in [0.1, 0.15) is 0 Å². The number of piperidine rings is 1. The van der Waals surface area contributed by atoms with Gasteiger partial charge in [0.15, 0.2) is 0 Å². The highest BCUT2D eigenvalue weighted by Gasteiger charge is 2.40. The van der Waals surface area contributed by atoms with E-state index in [0.717, 1.165) is 32.1 Å². The highest BCUT2D eigenvalue weighted by atomic mass is 32.2. The zero-order valence-electron chi connectivity index (χ0n) is 18.2. The molecule has 1 aromatic carbocycles. The van der Waals surface area contributed by atoms with Gasteiger partial charge in [0, 0.05) is 12.6 Å². The smallest absolute Gasteiger partial charge is 0.230 e. The van der Waals surface area contributed by atoms with E-state index in [0.29, 0.717) is 38.7 Å². The van der Waals surface area contributed by atoms with E-state index in [4.69, 9.17) is 9.47 Å². The predicted octanol–water partition coefficient (Wildman–Crippen LogP) is 2.28. The van der Waals surface area contributed by atoms with Crippen LogP contribution >= 0.6 is 0 Å². The molecule has 2 saturated heterocycles. The largest absolute Gasteiger partial charge is 0.380 e. The van der Waals surface area contributed by atoms with Crippen molar-refractivity contribution >= 4 is 15.9 Å². The van der Waals surface area contributed by atoms with Gasteiger partial charge < -0.3 is 14.4 Å². The molecule has 3 fully saturated rings. The Labute approximate surface area is 185 Å². The summed E-state index contributed by atoms with van der Waals surface area (Å²) in [6, 6.07) is 10.0. The lowest BCUT2D eigenvalue weighted by Gasteiger charge is -2.44. The van der Waals surface area contributed by atoms with E-state index < -0.39 is 10.0 Å². The molecule has 1 saturated carbocycles. The summed E-state index contributed by atoms with van der Waals surface area (Å²) in [6.45, 7) is 1.92. The van der Waals surface area contributed by atoms with Crippen LogP contribution in [0.5, 0.6) is 0 Å². The average molecular weight is 451 g/mol. The van der Waals surface area contributed by atoms with E-state index in [1.54, 1.807) is 0 Å². The quantitative estimate of drug-likeness (QED) is 0.689. The number of carbonyl (C=O) groups is 1. The number of amides is 1. The van der Waals surface area contributed by atoms with Crippen LogP contribution in [0.4, 0.5) is 0 Å². The van der Waals surface area contributed by atoms with Crippen molar-refractivity contribution < 1.29 is 22.7 Å². The summed E-state index contributed by atoms with van der Waals surface area (Å²) in [6.07, 6.45) is 6.99. The van der Waals surface area contributed by atoms with Crippen LogP contribution in [0.25, 0.3) is 0 Å². The average Bonchev–Trinajstić information content (AvgIpc) is 2.71. The number of hydrogen-bond donors (Lipinski definition) is 1. The van der Waals surface area contributed by atoms with E-state index in [9.17, 15) is 13.2 Å². The summed E-state index contributed by atoms with van der Waals surface area (Å²) in [5.41, 5.74) is 1.39. The molecule has 0 radical (unpaired) electrons. The molecule has 2 atom stereocenters. The van der Waals surface area contributed by atoms with Gasteiger partial charge in [-0.2, -0.15) is 0 Å². The molecule has 0 bridgehead atoms. The van der Waals surface area contributed by atoms with E-state index in [1.807, 2.05) is 11.0 Å². The van der Waals surface area contributed by atoms with Crippen LogP contribution in [0, 0.1) is 5.92 Å². The van der Waals surface area contributed by atoms with Crippen molar-refractivity contribution in [3.8, 4) is 0 Å². The summed E-state index contributed by atoms with van der Waals surface area (Å²) in [5.74, 6) is 0.528. The number of nitrogens with one attached hydrogen (secondary N) is 1. The van der Waals surface area contributed by atoms with E-state index in [1.165, 1.54) is 11.8 Å². The van der Waals surface area contributed by atoms with Crippen molar-refractivity contribution in [1.82, 2.24) is 9.62 Å². The van der Waals surface area contributed by atoms with Gasteiger partial charge >= 0.3 is 0 Å². The van der Waals surface area contributed by atoms with Crippen LogP contribution < -0.4 is 4.72 Å². The number of sulfonamides is 1. The highest BCUT2D eigenvalue weighted by Crippen LogP contribution is 2.34. The molecule has 2 aliphatic heterocycles. The zero-order valence-corrected chi connectivity index (χ0v) is 19.1. The molecule has 31 heavy (non-hydrogen) atoms. The number of likely N-dealkylation sites (tertiary alicyclic amines) is 1. The lowest BCUT2D eigenvalue weighted by atomic mass is 9.83. The van der Waals surface area contributed by atoms with Gasteiger partial charge in [0.05, 0.1) is 44.1 Å². The fourth-order valence-corrected chi connectivity index (χ4v) is 5.91. The summed E-state index contributed by atoms with van der Waals surface area (Å²) in [5, 5.41) is 0. The number of carbonyl (C=O) groups excluding carboxylic acids is 1. The fraction of sp³-hybridized carbons (Fsp3) is 0.696. The maximum atomic E-state index is 13.0. The Morgan fingerprint density at radius 3 is 2.45 bits per heavy atom. The van der Waals surface area contributed by atoms with E-state index in [-0.39, 0.29) is 30.0 Å². The van der Waals surface area contributed by atoms with Crippen molar-refractivity contribution in [3.05, 3.63) is 35.9 Å². The summed E-state index contributed by atoms with van der Waals surface area (Å²) >= 11 is 0. The summed E-state index contributed by atoms with van der Waals surface area (Å²) < 4.78 is 38.1. The molecule has 0 aromatic heterocycles. The third kappa shape index (κ3) is 5.86. The normalized spacial score (nSPS) is 30.0. The minimum absolute atomic E-state index is 0.0626. The second kappa shape index (κ2) is 9.98. The lowest BCUT2D eigenvalue weighted by molar-refractivity contribution is -0.156. The SMILES string of the molecule is CS(=O)(=O)N[C@H]1CCCN(C(=O)C2COC2)[C@H]1CO[C@H]1CC[C@@H](c2ccccc2)CC1. The third-order valence-corrected chi connectivity index (χ3v) is 7.59. The first kappa shape index (κ1) is 22.7. The second-order valence-corrected chi connectivity index (χ2v) is 11.0. The van der Waals surface area contributed by atoms with Crippen LogP contribution in [-0.4, -0.2) is 70.0 Å². The summed E-state index contributed by atoms with van der Waals surface area (Å²) in [4.78, 5) is 14.8. The van der Waals surface area contributed by atoms with E-state index in [2.05, 4.69) is 29.0 Å². The molecule has 1 aliphatic carbocycles. The molecule has 172 valence electrons. The Kier molecular flexibility index (Phi) is 7.31. The Morgan fingerprint density at radius 1 is 1.13 bits per heavy atom. The maximum absolute atomic E-state index is 13.0. The van der Waals surface area contributed by atoms with Gasteiger partial charge in [0.2, 0.25) is 15.9 Å². The number of nitrogens with zero attached hydrogens (tertiary/aromatic N) is 1. The van der Waals surface area contributed by atoms with Crippen LogP contribution in [-0.2, 0) is 24.3 Å². The van der Waals surface area contributed by atoms with Crippen molar-refractivity contribution in [2.45, 2.75) is 62.6 Å². The molecule has 8 heteroatoms. The lowest BCUT2D eigenvalue weighted by Crippen LogP contribution is -2.61. The Morgan fingerprint density at radius 2 is 1.84 bits per heavy atom. The molecular weight excluding hydrogens is 416 g/mol. The second-order valence-electron chi connectivity index (χ2n) is 9.19. The van der Waals surface area contributed by atoms with Gasteiger partial charge in [0.25, 0.3) is 0 Å². The van der Waals surface area contributed by atoms with Crippen molar-refractivity contribution in [2.75, 3.05) is 32.6 Å². The first-order valence-electron chi connectivity index (χ1n) is 11.4. The third-order valence-electron chi connectivity index (χ3n) is 6.86. The van der Waals surface area contributed by atoms with Gasteiger partial charge in [-0.3, -0.25) is 4.79 Å². The molecule has 0 unspecified atom stereocenters. The van der Waals surface area contributed by atoms with E-state index >= 15 is 0 Å². The van der Waals surface area contributed by atoms with Gasteiger partial charge in [-0.25, -0.2) is 13.1 Å². The number of benzene rings is 1. The highest BCUT2D eigenvalue weighted by molar-refractivity contribution is 7.88. The van der Waals surface area contributed by atoms with Crippen molar-refractivity contribution in [1.29, 1.82) is 0 Å². The van der Waals surface area contributed by atoms with Crippen LogP contribution in [0.1, 0.15) is 50.0 Å². The van der Waals surface area contributed by atoms with Gasteiger partial charge in [-0.15, -0.1) is 0 Å². The summed E-state index contributed by atoms with van der Waals surface area (Å²) in [7, 11) is -3.37. The zero-order chi connectivity index (χ0) is 21.8. The maximum Gasteiger partial charge on any atom is 0.230 e. The Balaban J connectivity index is 1.37. The van der Waals surface area contributed by atoms with Crippen molar-refractivity contribution in [2.24, 2.45) is 5.92 Å². The molecule has 1 aromatic rings. The van der Waals surface area contributed by atoms with Crippen LogP contribution in [0.3, 0.4) is 0 Å². The predicted molar refractivity (Wildman–Crippen MR) is 118 cm³/mol. The number of hydrogen-bond acceptors (Lipinski definition) is 5. The molecular formula is C23H34N2O5S. The molecule has 1 amide bonds. The number of ether oxygens (including phenoxy) is 2. The Hall–Kier alpha value is -1.48. The molecule has 3 aliphatic rings. The topological polar surface area (TPSA) is 84.9 Å². The first-order valence-corrected chi connectivity index (χ1v) is 13.3. The monoisotopic (exact) mass is 450 g/mol. The minimum atomic E-state index is -3.37. The molecule has 7 nitrogen and oxygen atoms in total. The molecule has 1 N–H and O–H groups in total. The van der Waals surface area contributed by atoms with Gasteiger partial charge in [-0.1, -0.05) is 30.3 Å². The molecule has 0 spiro atoms. The fourth-order valence-electron chi connectivity index (χ4n) is 5.08. The first-order chi connectivity index (χ1) is 14.9. The minimum Gasteiger partial charge on any atom is -0.380 e. The standard InChI is InChI=1S/C23H34N2O5S/c1-31(27,28)24-21-8-5-13-25(23(26)19-14-29-15-19)22(21)16-30-20-11-9-18(10-12-20)17-6-3-2-4-7-17/h2-4,6-7,18-22,24H,5,8-16H2,1H3/t18-,20+,21-,22-/m0/s1. The molecule has 2 heterocycles.